The Morgan fingerprint density at radius 1 is 0.857 bits per heavy atom. The summed E-state index contributed by atoms with van der Waals surface area (Å²) in [5, 5.41) is 35.1. The number of carboxylic acids is 1. The number of aromatic nitrogens is 4. The van der Waals surface area contributed by atoms with Gasteiger partial charge in [-0.2, -0.15) is 4.98 Å². The van der Waals surface area contributed by atoms with Gasteiger partial charge in [0.05, 0.1) is 42.2 Å². The molecule has 29 nitrogen and oxygen atoms in total. The number of unbranched alkanes of at least 4 members (excludes halogenated alkanes) is 1. The Morgan fingerprint density at radius 2 is 1.54 bits per heavy atom. The lowest BCUT2D eigenvalue weighted by atomic mass is 9.44. The van der Waals surface area contributed by atoms with E-state index in [1.807, 2.05) is 0 Å². The number of nitrogen functional groups attached to an aromatic ring is 1. The second-order valence-electron chi connectivity index (χ2n) is 26.6. The van der Waals surface area contributed by atoms with Crippen molar-refractivity contribution in [2.24, 2.45) is 16.7 Å². The van der Waals surface area contributed by atoms with Gasteiger partial charge >= 0.3 is 35.9 Å². The zero-order valence-electron chi connectivity index (χ0n) is 56.1. The third-order valence-electron chi connectivity index (χ3n) is 18.8. The highest BCUT2D eigenvalue weighted by Crippen LogP contribution is 2.65. The summed E-state index contributed by atoms with van der Waals surface area (Å²) in [4.78, 5) is 153. The lowest BCUT2D eigenvalue weighted by Crippen LogP contribution is -2.82. The van der Waals surface area contributed by atoms with E-state index in [1.165, 1.54) is 51.6 Å². The molecular weight excluding hydrogens is 1270 g/mol. The minimum atomic E-state index is -2.39. The van der Waals surface area contributed by atoms with Gasteiger partial charge in [0.2, 0.25) is 18.0 Å². The van der Waals surface area contributed by atoms with Crippen molar-refractivity contribution >= 4 is 76.5 Å². The molecule has 2 aromatic heterocycles. The Bertz CT molecular complexity index is 3940. The molecule has 2 bridgehead atoms. The van der Waals surface area contributed by atoms with Crippen molar-refractivity contribution in [2.75, 3.05) is 38.4 Å². The van der Waals surface area contributed by atoms with Crippen molar-refractivity contribution in [2.45, 2.75) is 172 Å². The molecule has 3 aliphatic carbocycles. The number of carbonyl (C=O) groups is 9. The van der Waals surface area contributed by atoms with E-state index in [0.717, 1.165) is 5.56 Å². The number of amides is 3. The zero-order chi connectivity index (χ0) is 71.2. The molecule has 9 N–H and O–H groups in total. The van der Waals surface area contributed by atoms with E-state index in [9.17, 15) is 48.6 Å². The average molecular weight is 1360 g/mol. The highest BCUT2D eigenvalue weighted by molar-refractivity contribution is 5.97. The SMILES string of the molecule is CO[C@H]1C(=O)[C@]2(C)[C@@H](OC)C[C@H]3OC[C@@]3(OC(C)=O)[C@H]2[C@H](OC(=O)c2ccccc2)[C@]2(O)C[C@H](OC(=O)[C@H](OC(=O)CCC(=O)NCCCC[C@H](NC(=O)c3ccc(CNc4cnc5nc(N)[nH]c(=O)c5n4)cc3)C(=O)O)[C@@H](NC(=O)OC(C)(C)C)c3ccccc3)C(C)=C1C2(C)C. The minimum Gasteiger partial charge on any atom is -0.480 e. The van der Waals surface area contributed by atoms with E-state index in [2.05, 4.69) is 41.2 Å². The Kier molecular flexibility index (Phi) is 21.9. The van der Waals surface area contributed by atoms with Gasteiger partial charge in [-0.25, -0.2) is 29.1 Å². The molecule has 5 aromatic rings. The third-order valence-corrected chi connectivity index (χ3v) is 18.8. The molecule has 0 spiro atoms. The van der Waals surface area contributed by atoms with E-state index < -0.39 is 161 Å². The number of nitrogens with one attached hydrogen (secondary N) is 5. The third kappa shape index (κ3) is 15.2. The van der Waals surface area contributed by atoms with Crippen LogP contribution in [0, 0.1) is 16.7 Å². The van der Waals surface area contributed by atoms with Gasteiger partial charge in [-0.1, -0.05) is 74.5 Å². The lowest BCUT2D eigenvalue weighted by Gasteiger charge is -2.67. The normalized spacial score (nSPS) is 24.8. The molecule has 524 valence electrons. The molecule has 29 heteroatoms. The molecule has 12 atom stereocenters. The smallest absolute Gasteiger partial charge is 0.408 e. The van der Waals surface area contributed by atoms with Crippen LogP contribution >= 0.6 is 0 Å². The number of hydrogen-bond donors (Lipinski definition) is 8. The Labute approximate surface area is 564 Å². The average Bonchev–Trinajstić information content (AvgIpc) is 0.669. The summed E-state index contributed by atoms with van der Waals surface area (Å²) in [6, 6.07) is 19.4. The first-order valence-corrected chi connectivity index (χ1v) is 32.1. The molecule has 3 aromatic carbocycles. The molecule has 1 aliphatic heterocycles. The number of fused-ring (bicyclic) bond motifs is 6. The molecule has 3 heterocycles. The molecule has 0 radical (unpaired) electrons. The largest absolute Gasteiger partial charge is 0.480 e. The standard InChI is InChI=1S/C69H83N9O20/c1-36-43(32-69(90)56(96-61(87)41-21-15-12-16-22-41)54-67(8,55(82)52(92-10)49(36)66(69,6)7)44(91-9)31-45-68(54,35-93-45)97-37(2)79)94-62(88)53(50(39-19-13-11-14-20-39)76-64(89)98-65(3,4)5)95-48(81)29-28-47(80)71-30-18-17-23-42(60(85)86)74-58(83)40-26-24-38(25-27-40)33-72-46-34-73-57-51(75-46)59(84)78-63(70)77-57/h11-16,19-22,24-27,34,42-45,50,52-54,56,90H,17-18,23,28-33,35H2,1-10H3,(H,71,80)(H,72,75)(H,74,83)(H,76,89)(H,85,86)(H3,70,73,77,78,84)/t42-,43-,44-,45+,50-,52+,53+,54-,56-,67+,68-,69+/m0/s1. The van der Waals surface area contributed by atoms with Crippen molar-refractivity contribution < 1.29 is 91.3 Å². The first-order valence-electron chi connectivity index (χ1n) is 32.1. The van der Waals surface area contributed by atoms with Gasteiger partial charge in [0, 0.05) is 64.5 Å². The number of anilines is 2. The number of carbonyl (C=O) groups excluding carboxylic acids is 8. The van der Waals surface area contributed by atoms with Crippen molar-refractivity contribution in [3.63, 3.8) is 0 Å². The second-order valence-corrected chi connectivity index (χ2v) is 26.6. The summed E-state index contributed by atoms with van der Waals surface area (Å²) in [6.45, 7) is 12.5. The number of hydrogen-bond acceptors (Lipinski definition) is 24. The fourth-order valence-electron chi connectivity index (χ4n) is 13.9. The van der Waals surface area contributed by atoms with Crippen LogP contribution in [0.3, 0.4) is 0 Å². The number of alkyl carbamates (subject to hydrolysis) is 1. The van der Waals surface area contributed by atoms with Gasteiger partial charge in [-0.15, -0.1) is 0 Å². The summed E-state index contributed by atoms with van der Waals surface area (Å²) in [6.07, 6.45) is -9.66. The summed E-state index contributed by atoms with van der Waals surface area (Å²) in [7, 11) is 2.70. The summed E-state index contributed by atoms with van der Waals surface area (Å²) < 4.78 is 49.3. The fourth-order valence-corrected chi connectivity index (χ4v) is 13.9. The second kappa shape index (κ2) is 29.6. The highest BCUT2D eigenvalue weighted by Gasteiger charge is 2.78. The number of aliphatic hydroxyl groups is 1. The van der Waals surface area contributed by atoms with Gasteiger partial charge in [-0.05, 0) is 100 Å². The lowest BCUT2D eigenvalue weighted by molar-refractivity contribution is -0.347. The van der Waals surface area contributed by atoms with E-state index in [-0.39, 0.29) is 96.1 Å². The van der Waals surface area contributed by atoms with Crippen LogP contribution in [0.4, 0.5) is 16.6 Å². The topological polar surface area (TPSA) is 414 Å². The van der Waals surface area contributed by atoms with Crippen LogP contribution in [0.2, 0.25) is 0 Å². The summed E-state index contributed by atoms with van der Waals surface area (Å²) in [5.74, 6) is -8.46. The molecule has 3 fully saturated rings. The van der Waals surface area contributed by atoms with Crippen LogP contribution < -0.4 is 32.6 Å². The number of esters is 4. The van der Waals surface area contributed by atoms with Gasteiger partial charge in [-0.3, -0.25) is 33.8 Å². The number of methoxy groups -OCH3 is 2. The molecule has 3 amide bonds. The van der Waals surface area contributed by atoms with E-state index in [4.69, 9.17) is 43.6 Å². The van der Waals surface area contributed by atoms with Gasteiger partial charge in [0.25, 0.3) is 11.5 Å². The van der Waals surface area contributed by atoms with Crippen molar-refractivity contribution in [3.05, 3.63) is 135 Å². The first-order chi connectivity index (χ1) is 46.3. The highest BCUT2D eigenvalue weighted by atomic mass is 16.6. The van der Waals surface area contributed by atoms with E-state index in [1.54, 1.807) is 109 Å². The van der Waals surface area contributed by atoms with Crippen LogP contribution in [0.25, 0.3) is 11.2 Å². The number of ketones is 1. The number of aliphatic carboxylic acids is 1. The minimum absolute atomic E-state index is 0.0102. The van der Waals surface area contributed by atoms with Crippen LogP contribution in [0.1, 0.15) is 138 Å². The number of benzene rings is 3. The van der Waals surface area contributed by atoms with Crippen LogP contribution in [-0.4, -0.2) is 171 Å². The van der Waals surface area contributed by atoms with Crippen molar-refractivity contribution in [3.8, 4) is 0 Å². The van der Waals surface area contributed by atoms with Gasteiger partial charge in [0.1, 0.15) is 53.5 Å². The fraction of sp³-hybridized carbons (Fsp3) is 0.493. The van der Waals surface area contributed by atoms with E-state index >= 15 is 9.59 Å². The number of carboxylic acid groups (broad SMARTS) is 1. The van der Waals surface area contributed by atoms with Crippen LogP contribution in [0.15, 0.2) is 107 Å². The van der Waals surface area contributed by atoms with Crippen LogP contribution in [0.5, 0.6) is 0 Å². The van der Waals surface area contributed by atoms with Crippen molar-refractivity contribution in [1.82, 2.24) is 35.9 Å². The van der Waals surface area contributed by atoms with E-state index in [0.29, 0.717) is 0 Å². The maximum absolute atomic E-state index is 16.0. The molecule has 2 saturated carbocycles. The molecular formula is C69H83N9O20. The maximum atomic E-state index is 16.0. The molecule has 9 rings (SSSR count). The quantitative estimate of drug-likeness (QED) is 0.0159. The molecule has 4 aliphatic rings. The number of nitrogens with two attached hydrogens (primary N) is 1. The Balaban J connectivity index is 0.912. The number of rotatable bonds is 25. The monoisotopic (exact) mass is 1360 g/mol. The Hall–Kier alpha value is -9.71. The summed E-state index contributed by atoms with van der Waals surface area (Å²) in [5.41, 5.74) is -1.90. The number of ether oxygens (including phenoxy) is 8. The summed E-state index contributed by atoms with van der Waals surface area (Å²) >= 11 is 0. The predicted octanol–water partition coefficient (Wildman–Crippen LogP) is 5.29. The number of H-pyrrole nitrogens is 1. The first kappa shape index (κ1) is 72.6. The molecule has 98 heavy (non-hydrogen) atoms. The van der Waals surface area contributed by atoms with Crippen molar-refractivity contribution in [1.29, 1.82) is 0 Å². The van der Waals surface area contributed by atoms with Gasteiger partial charge in [0.15, 0.2) is 22.5 Å². The molecule has 1 saturated heterocycles. The molecule has 0 unspecified atom stereocenters. The number of Topliss-reactive ketones (excluding diaryl/α,β-unsaturated/α-hetero) is 1. The van der Waals surface area contributed by atoms with Gasteiger partial charge < -0.3 is 75.1 Å². The number of nitrogens with zero attached hydrogens (tertiary/aromatic N) is 3. The number of aromatic amines is 1. The predicted molar refractivity (Wildman–Crippen MR) is 348 cm³/mol. The van der Waals surface area contributed by atoms with Crippen LogP contribution in [-0.2, 0) is 73.2 Å². The Morgan fingerprint density at radius 3 is 2.16 bits per heavy atom. The maximum Gasteiger partial charge on any atom is 0.408 e. The zero-order valence-corrected chi connectivity index (χ0v) is 56.1.